The average molecular weight is 323 g/mol. The van der Waals surface area contributed by atoms with E-state index in [2.05, 4.69) is 0 Å². The highest BCUT2D eigenvalue weighted by molar-refractivity contribution is 7.91. The molecule has 1 aromatic heterocycles. The number of thiophene rings is 1. The first kappa shape index (κ1) is 14.5. The molecule has 2 aromatic rings. The van der Waals surface area contributed by atoms with E-state index in [1.807, 2.05) is 37.3 Å². The Morgan fingerprint density at radius 2 is 2.14 bits per heavy atom. The van der Waals surface area contributed by atoms with Crippen molar-refractivity contribution >= 4 is 37.2 Å². The minimum Gasteiger partial charge on any atom is -0.334 e. The van der Waals surface area contributed by atoms with E-state index >= 15 is 0 Å². The number of rotatable bonds is 3. The first-order chi connectivity index (χ1) is 10.00. The van der Waals surface area contributed by atoms with Gasteiger partial charge < -0.3 is 4.90 Å². The molecule has 21 heavy (non-hydrogen) atoms. The topological polar surface area (TPSA) is 54.5 Å². The average Bonchev–Trinajstić information content (AvgIpc) is 3.02. The van der Waals surface area contributed by atoms with Crippen LogP contribution >= 0.6 is 11.3 Å². The Morgan fingerprint density at radius 1 is 1.38 bits per heavy atom. The highest BCUT2D eigenvalue weighted by atomic mass is 32.2. The number of benzene rings is 1. The summed E-state index contributed by atoms with van der Waals surface area (Å²) in [5, 5.41) is 1.06. The van der Waals surface area contributed by atoms with Crippen LogP contribution in [0.15, 0.2) is 30.3 Å². The number of fused-ring (bicyclic) bond motifs is 1. The lowest BCUT2D eigenvalue weighted by molar-refractivity contribution is 0.0713. The van der Waals surface area contributed by atoms with Crippen LogP contribution in [0, 0.1) is 0 Å². The van der Waals surface area contributed by atoms with Crippen LogP contribution in [0.3, 0.4) is 0 Å². The fourth-order valence-electron chi connectivity index (χ4n) is 2.82. The first-order valence-electron chi connectivity index (χ1n) is 7.00. The Balaban J connectivity index is 1.88. The van der Waals surface area contributed by atoms with Crippen LogP contribution in [-0.2, 0) is 9.84 Å². The molecule has 3 rings (SSSR count). The fourth-order valence-corrected chi connectivity index (χ4v) is 5.57. The number of hydrogen-bond acceptors (Lipinski definition) is 4. The van der Waals surface area contributed by atoms with Crippen LogP contribution in [-0.4, -0.2) is 43.3 Å². The third-order valence-corrected chi connectivity index (χ3v) is 6.74. The number of amides is 1. The largest absolute Gasteiger partial charge is 0.334 e. The van der Waals surface area contributed by atoms with Gasteiger partial charge in [-0.1, -0.05) is 18.2 Å². The van der Waals surface area contributed by atoms with Crippen LogP contribution in [0.4, 0.5) is 0 Å². The van der Waals surface area contributed by atoms with Crippen molar-refractivity contribution in [3.63, 3.8) is 0 Å². The Bertz CT molecular complexity index is 746. The van der Waals surface area contributed by atoms with Crippen molar-refractivity contribution in [2.45, 2.75) is 19.4 Å². The molecular formula is C15H17NO3S2. The maximum Gasteiger partial charge on any atom is 0.264 e. The monoisotopic (exact) mass is 323 g/mol. The van der Waals surface area contributed by atoms with Crippen molar-refractivity contribution in [1.82, 2.24) is 4.90 Å². The van der Waals surface area contributed by atoms with Crippen molar-refractivity contribution in [1.29, 1.82) is 0 Å². The number of hydrogen-bond donors (Lipinski definition) is 0. The molecule has 4 nitrogen and oxygen atoms in total. The van der Waals surface area contributed by atoms with Gasteiger partial charge in [0.2, 0.25) is 0 Å². The number of sulfone groups is 1. The number of carbonyl (C=O) groups excluding carboxylic acids is 1. The van der Waals surface area contributed by atoms with Gasteiger partial charge in [-0.05, 0) is 30.9 Å². The normalized spacial score (nSPS) is 20.7. The van der Waals surface area contributed by atoms with Gasteiger partial charge >= 0.3 is 0 Å². The van der Waals surface area contributed by atoms with Crippen LogP contribution in [0.25, 0.3) is 10.1 Å². The van der Waals surface area contributed by atoms with Crippen molar-refractivity contribution in [3.8, 4) is 0 Å². The Morgan fingerprint density at radius 3 is 2.76 bits per heavy atom. The van der Waals surface area contributed by atoms with E-state index in [9.17, 15) is 13.2 Å². The van der Waals surface area contributed by atoms with Gasteiger partial charge in [-0.2, -0.15) is 0 Å². The summed E-state index contributed by atoms with van der Waals surface area (Å²) in [6.07, 6.45) is 0.548. The smallest absolute Gasteiger partial charge is 0.264 e. The minimum atomic E-state index is -2.98. The van der Waals surface area contributed by atoms with Gasteiger partial charge in [0, 0.05) is 17.3 Å². The minimum absolute atomic E-state index is 0.0548. The zero-order valence-corrected chi connectivity index (χ0v) is 13.4. The molecule has 2 heterocycles. The standard InChI is InChI=1S/C15H17NO3S2/c1-2-16(12-7-8-21(18,19)10-12)15(17)14-9-11-5-3-4-6-13(11)20-14/h3-6,9,12H,2,7-8,10H2,1H3. The molecule has 1 aliphatic heterocycles. The molecular weight excluding hydrogens is 306 g/mol. The third kappa shape index (κ3) is 2.82. The first-order valence-corrected chi connectivity index (χ1v) is 9.64. The summed E-state index contributed by atoms with van der Waals surface area (Å²) < 4.78 is 24.3. The van der Waals surface area contributed by atoms with E-state index in [0.717, 1.165) is 10.1 Å². The predicted molar refractivity (Wildman–Crippen MR) is 85.6 cm³/mol. The molecule has 0 aliphatic carbocycles. The van der Waals surface area contributed by atoms with Gasteiger partial charge in [0.1, 0.15) is 0 Å². The lowest BCUT2D eigenvalue weighted by Crippen LogP contribution is -2.40. The summed E-state index contributed by atoms with van der Waals surface area (Å²) >= 11 is 1.47. The zero-order chi connectivity index (χ0) is 15.0. The lowest BCUT2D eigenvalue weighted by Gasteiger charge is -2.26. The van der Waals surface area contributed by atoms with Crippen molar-refractivity contribution in [2.75, 3.05) is 18.1 Å². The summed E-state index contributed by atoms with van der Waals surface area (Å²) in [4.78, 5) is 15.1. The van der Waals surface area contributed by atoms with E-state index < -0.39 is 9.84 Å². The molecule has 1 atom stereocenters. The van der Waals surface area contributed by atoms with Gasteiger partial charge in [-0.3, -0.25) is 4.79 Å². The Kier molecular flexibility index (Phi) is 3.75. The van der Waals surface area contributed by atoms with E-state index in [-0.39, 0.29) is 23.5 Å². The predicted octanol–water partition coefficient (Wildman–Crippen LogP) is 2.55. The molecule has 1 fully saturated rings. The van der Waals surface area contributed by atoms with Crippen LogP contribution in [0.5, 0.6) is 0 Å². The van der Waals surface area contributed by atoms with Crippen LogP contribution in [0.2, 0.25) is 0 Å². The molecule has 1 aromatic carbocycles. The van der Waals surface area contributed by atoms with Gasteiger partial charge in [-0.25, -0.2) is 8.42 Å². The van der Waals surface area contributed by atoms with Gasteiger partial charge in [-0.15, -0.1) is 11.3 Å². The van der Waals surface area contributed by atoms with Crippen molar-refractivity contribution < 1.29 is 13.2 Å². The Labute approximate surface area is 128 Å². The van der Waals surface area contributed by atoms with E-state index in [4.69, 9.17) is 0 Å². The second kappa shape index (κ2) is 5.42. The molecule has 6 heteroatoms. The zero-order valence-electron chi connectivity index (χ0n) is 11.8. The molecule has 0 saturated carbocycles. The number of nitrogens with zero attached hydrogens (tertiary/aromatic N) is 1. The van der Waals surface area contributed by atoms with E-state index in [1.165, 1.54) is 11.3 Å². The maximum absolute atomic E-state index is 12.7. The quantitative estimate of drug-likeness (QED) is 0.872. The van der Waals surface area contributed by atoms with E-state index in [0.29, 0.717) is 17.8 Å². The summed E-state index contributed by atoms with van der Waals surface area (Å²) in [6, 6.07) is 9.59. The molecule has 1 amide bonds. The maximum atomic E-state index is 12.7. The molecule has 1 unspecified atom stereocenters. The highest BCUT2D eigenvalue weighted by Gasteiger charge is 2.34. The second-order valence-electron chi connectivity index (χ2n) is 5.30. The fraction of sp³-hybridized carbons (Fsp3) is 0.400. The molecule has 112 valence electrons. The third-order valence-electron chi connectivity index (χ3n) is 3.89. The van der Waals surface area contributed by atoms with Gasteiger partial charge in [0.05, 0.1) is 16.4 Å². The molecule has 1 aliphatic rings. The van der Waals surface area contributed by atoms with Crippen LogP contribution < -0.4 is 0 Å². The molecule has 0 N–H and O–H groups in total. The molecule has 0 radical (unpaired) electrons. The summed E-state index contributed by atoms with van der Waals surface area (Å²) in [7, 11) is -2.98. The highest BCUT2D eigenvalue weighted by Crippen LogP contribution is 2.28. The Hall–Kier alpha value is -1.40. The van der Waals surface area contributed by atoms with Crippen molar-refractivity contribution in [2.24, 2.45) is 0 Å². The second-order valence-corrected chi connectivity index (χ2v) is 8.61. The van der Waals surface area contributed by atoms with Crippen LogP contribution in [0.1, 0.15) is 23.0 Å². The molecule has 1 saturated heterocycles. The van der Waals surface area contributed by atoms with Gasteiger partial charge in [0.25, 0.3) is 5.91 Å². The van der Waals surface area contributed by atoms with E-state index in [1.54, 1.807) is 4.90 Å². The summed E-state index contributed by atoms with van der Waals surface area (Å²) in [5.41, 5.74) is 0. The number of carbonyl (C=O) groups is 1. The lowest BCUT2D eigenvalue weighted by atomic mass is 10.2. The van der Waals surface area contributed by atoms with Crippen molar-refractivity contribution in [3.05, 3.63) is 35.2 Å². The molecule has 0 bridgehead atoms. The molecule has 0 spiro atoms. The SMILES string of the molecule is CCN(C(=O)c1cc2ccccc2s1)C1CCS(=O)(=O)C1. The summed E-state index contributed by atoms with van der Waals surface area (Å²) in [6.45, 7) is 2.43. The summed E-state index contributed by atoms with van der Waals surface area (Å²) in [5.74, 6) is 0.228. The van der Waals surface area contributed by atoms with Gasteiger partial charge in [0.15, 0.2) is 9.84 Å².